The van der Waals surface area contributed by atoms with Crippen LogP contribution in [0.2, 0.25) is 0 Å². The Morgan fingerprint density at radius 1 is 1.47 bits per heavy atom. The number of aliphatic carboxylic acids is 1. The average Bonchev–Trinajstić information content (AvgIpc) is 3.13. The van der Waals surface area contributed by atoms with Crippen LogP contribution in [0.1, 0.15) is 25.3 Å². The first-order chi connectivity index (χ1) is 9.17. The quantitative estimate of drug-likeness (QED) is 0.782. The topological polar surface area (TPSA) is 49.8 Å². The smallest absolute Gasteiger partial charge is 0.317 e. The third kappa shape index (κ3) is 4.91. The van der Waals surface area contributed by atoms with E-state index < -0.39 is 5.97 Å². The van der Waals surface area contributed by atoms with Gasteiger partial charge in [0.1, 0.15) is 5.75 Å². The SMILES string of the molecule is CCOc1cccc(CN(CC(=O)O)CC2CC2)c1. The minimum atomic E-state index is -0.762. The highest BCUT2D eigenvalue weighted by Gasteiger charge is 2.25. The van der Waals surface area contributed by atoms with Crippen molar-refractivity contribution in [3.8, 4) is 5.75 Å². The number of carboxylic acids is 1. The first kappa shape index (κ1) is 13.9. The first-order valence-corrected chi connectivity index (χ1v) is 6.83. The molecule has 1 aromatic rings. The lowest BCUT2D eigenvalue weighted by Gasteiger charge is -2.20. The summed E-state index contributed by atoms with van der Waals surface area (Å²) in [5.41, 5.74) is 1.10. The molecular formula is C15H21NO3. The summed E-state index contributed by atoms with van der Waals surface area (Å²) in [6.07, 6.45) is 2.46. The molecule has 1 aliphatic carbocycles. The summed E-state index contributed by atoms with van der Waals surface area (Å²) in [4.78, 5) is 12.9. The van der Waals surface area contributed by atoms with Gasteiger partial charge in [0.15, 0.2) is 0 Å². The summed E-state index contributed by atoms with van der Waals surface area (Å²) in [5.74, 6) is 0.776. The molecule has 0 aromatic heterocycles. The molecule has 19 heavy (non-hydrogen) atoms. The fraction of sp³-hybridized carbons (Fsp3) is 0.533. The Kier molecular flexibility index (Phi) is 4.80. The lowest BCUT2D eigenvalue weighted by molar-refractivity contribution is -0.138. The van der Waals surface area contributed by atoms with Gasteiger partial charge in [0.05, 0.1) is 13.2 Å². The summed E-state index contributed by atoms with van der Waals surface area (Å²) in [7, 11) is 0. The number of rotatable bonds is 8. The van der Waals surface area contributed by atoms with Gasteiger partial charge < -0.3 is 9.84 Å². The fourth-order valence-corrected chi connectivity index (χ4v) is 2.20. The lowest BCUT2D eigenvalue weighted by atomic mass is 10.2. The second kappa shape index (κ2) is 6.57. The Bertz CT molecular complexity index is 429. The van der Waals surface area contributed by atoms with Gasteiger partial charge in [-0.25, -0.2) is 0 Å². The molecule has 1 aromatic carbocycles. The highest BCUT2D eigenvalue weighted by molar-refractivity contribution is 5.69. The number of hydrogen-bond acceptors (Lipinski definition) is 3. The van der Waals surface area contributed by atoms with Crippen LogP contribution in [0.25, 0.3) is 0 Å². The van der Waals surface area contributed by atoms with E-state index in [2.05, 4.69) is 0 Å². The summed E-state index contributed by atoms with van der Waals surface area (Å²) in [5, 5.41) is 8.97. The Hall–Kier alpha value is -1.55. The van der Waals surface area contributed by atoms with Crippen LogP contribution in [-0.4, -0.2) is 35.7 Å². The highest BCUT2D eigenvalue weighted by atomic mass is 16.5. The van der Waals surface area contributed by atoms with Crippen molar-refractivity contribution < 1.29 is 14.6 Å². The molecule has 1 saturated carbocycles. The summed E-state index contributed by atoms with van der Waals surface area (Å²) in [6, 6.07) is 7.89. The standard InChI is InChI=1S/C15H21NO3/c1-2-19-14-5-3-4-13(8-14)10-16(11-15(17)18)9-12-6-7-12/h3-5,8,12H,2,6-7,9-11H2,1H3,(H,17,18). The molecule has 0 amide bonds. The molecule has 1 aliphatic rings. The molecule has 4 nitrogen and oxygen atoms in total. The first-order valence-electron chi connectivity index (χ1n) is 6.83. The normalized spacial score (nSPS) is 14.6. The maximum atomic E-state index is 10.9. The summed E-state index contributed by atoms with van der Waals surface area (Å²) in [6.45, 7) is 4.26. The van der Waals surface area contributed by atoms with Crippen molar-refractivity contribution in [3.63, 3.8) is 0 Å². The predicted octanol–water partition coefficient (Wildman–Crippen LogP) is 2.38. The molecule has 0 aliphatic heterocycles. The molecular weight excluding hydrogens is 242 g/mol. The van der Waals surface area contributed by atoms with E-state index in [1.165, 1.54) is 12.8 Å². The van der Waals surface area contributed by atoms with Crippen LogP contribution in [0.4, 0.5) is 0 Å². The monoisotopic (exact) mass is 263 g/mol. The minimum Gasteiger partial charge on any atom is -0.494 e. The third-order valence-electron chi connectivity index (χ3n) is 3.19. The van der Waals surface area contributed by atoms with Crippen molar-refractivity contribution in [1.82, 2.24) is 4.90 Å². The van der Waals surface area contributed by atoms with Crippen LogP contribution in [0.15, 0.2) is 24.3 Å². The number of carbonyl (C=O) groups is 1. The molecule has 0 heterocycles. The largest absolute Gasteiger partial charge is 0.494 e. The van der Waals surface area contributed by atoms with E-state index in [9.17, 15) is 4.79 Å². The summed E-state index contributed by atoms with van der Waals surface area (Å²) >= 11 is 0. The Labute approximate surface area is 114 Å². The van der Waals surface area contributed by atoms with Crippen LogP contribution in [-0.2, 0) is 11.3 Å². The maximum Gasteiger partial charge on any atom is 0.317 e. The van der Waals surface area contributed by atoms with Crippen molar-refractivity contribution in [2.24, 2.45) is 5.92 Å². The van der Waals surface area contributed by atoms with Gasteiger partial charge in [-0.3, -0.25) is 9.69 Å². The number of ether oxygens (including phenoxy) is 1. The van der Waals surface area contributed by atoms with Crippen LogP contribution in [0.3, 0.4) is 0 Å². The van der Waals surface area contributed by atoms with Crippen molar-refractivity contribution in [2.75, 3.05) is 19.7 Å². The van der Waals surface area contributed by atoms with Crippen LogP contribution >= 0.6 is 0 Å². The summed E-state index contributed by atoms with van der Waals surface area (Å²) < 4.78 is 5.47. The van der Waals surface area contributed by atoms with Crippen molar-refractivity contribution in [2.45, 2.75) is 26.3 Å². The molecule has 0 saturated heterocycles. The Morgan fingerprint density at radius 2 is 2.26 bits per heavy atom. The second-order valence-electron chi connectivity index (χ2n) is 5.09. The molecule has 0 radical (unpaired) electrons. The molecule has 0 spiro atoms. The minimum absolute atomic E-state index is 0.107. The van der Waals surface area contributed by atoms with E-state index in [0.717, 1.165) is 17.9 Å². The van der Waals surface area contributed by atoms with E-state index in [0.29, 0.717) is 19.1 Å². The van der Waals surface area contributed by atoms with Gasteiger partial charge in [-0.2, -0.15) is 0 Å². The number of benzene rings is 1. The van der Waals surface area contributed by atoms with E-state index in [4.69, 9.17) is 9.84 Å². The van der Waals surface area contributed by atoms with Gasteiger partial charge in [-0.05, 0) is 43.4 Å². The Morgan fingerprint density at radius 3 is 2.89 bits per heavy atom. The van der Waals surface area contributed by atoms with E-state index in [-0.39, 0.29) is 6.54 Å². The van der Waals surface area contributed by atoms with Crippen LogP contribution < -0.4 is 4.74 Å². The van der Waals surface area contributed by atoms with Crippen LogP contribution in [0, 0.1) is 5.92 Å². The molecule has 104 valence electrons. The lowest BCUT2D eigenvalue weighted by Crippen LogP contribution is -2.31. The zero-order valence-corrected chi connectivity index (χ0v) is 11.3. The molecule has 0 atom stereocenters. The molecule has 4 heteroatoms. The number of carboxylic acid groups (broad SMARTS) is 1. The second-order valence-corrected chi connectivity index (χ2v) is 5.09. The molecule has 2 rings (SSSR count). The fourth-order valence-electron chi connectivity index (χ4n) is 2.20. The number of nitrogens with zero attached hydrogens (tertiary/aromatic N) is 1. The van der Waals surface area contributed by atoms with Gasteiger partial charge in [0, 0.05) is 13.1 Å². The van der Waals surface area contributed by atoms with Crippen molar-refractivity contribution >= 4 is 5.97 Å². The van der Waals surface area contributed by atoms with Crippen molar-refractivity contribution in [3.05, 3.63) is 29.8 Å². The Balaban J connectivity index is 1.97. The van der Waals surface area contributed by atoms with Gasteiger partial charge in [-0.1, -0.05) is 12.1 Å². The third-order valence-corrected chi connectivity index (χ3v) is 3.19. The van der Waals surface area contributed by atoms with Crippen LogP contribution in [0.5, 0.6) is 5.75 Å². The highest BCUT2D eigenvalue weighted by Crippen LogP contribution is 2.30. The zero-order valence-electron chi connectivity index (χ0n) is 11.3. The van der Waals surface area contributed by atoms with Gasteiger partial charge in [-0.15, -0.1) is 0 Å². The van der Waals surface area contributed by atoms with E-state index in [1.54, 1.807) is 0 Å². The number of hydrogen-bond donors (Lipinski definition) is 1. The van der Waals surface area contributed by atoms with E-state index in [1.807, 2.05) is 36.1 Å². The maximum absolute atomic E-state index is 10.9. The molecule has 0 bridgehead atoms. The molecule has 0 unspecified atom stereocenters. The predicted molar refractivity (Wildman–Crippen MR) is 73.2 cm³/mol. The van der Waals surface area contributed by atoms with Gasteiger partial charge in [0.25, 0.3) is 0 Å². The average molecular weight is 263 g/mol. The molecule has 1 N–H and O–H groups in total. The van der Waals surface area contributed by atoms with Gasteiger partial charge in [0.2, 0.25) is 0 Å². The zero-order chi connectivity index (χ0) is 13.7. The van der Waals surface area contributed by atoms with E-state index >= 15 is 0 Å². The van der Waals surface area contributed by atoms with Crippen molar-refractivity contribution in [1.29, 1.82) is 0 Å². The molecule has 1 fully saturated rings. The van der Waals surface area contributed by atoms with Gasteiger partial charge >= 0.3 is 5.97 Å².